The first-order chi connectivity index (χ1) is 9.24. The zero-order valence-corrected chi connectivity index (χ0v) is 11.8. The highest BCUT2D eigenvalue weighted by Gasteiger charge is 2.27. The minimum atomic E-state index is -0.210. The summed E-state index contributed by atoms with van der Waals surface area (Å²) in [6.45, 7) is 4.98. The van der Waals surface area contributed by atoms with Crippen LogP contribution in [0.25, 0.3) is 0 Å². The second-order valence-electron chi connectivity index (χ2n) is 5.99. The predicted molar refractivity (Wildman–Crippen MR) is 72.7 cm³/mol. The first-order valence-electron chi connectivity index (χ1n) is 7.57. The first kappa shape index (κ1) is 13.1. The van der Waals surface area contributed by atoms with E-state index in [2.05, 4.69) is 19.7 Å². The molecule has 2 unspecified atom stereocenters. The van der Waals surface area contributed by atoms with Crippen molar-refractivity contribution in [1.29, 1.82) is 0 Å². The van der Waals surface area contributed by atoms with Gasteiger partial charge in [-0.25, -0.2) is 0 Å². The van der Waals surface area contributed by atoms with Crippen LogP contribution in [0.5, 0.6) is 0 Å². The Morgan fingerprint density at radius 3 is 3.00 bits per heavy atom. The van der Waals surface area contributed by atoms with Crippen LogP contribution in [0, 0.1) is 0 Å². The van der Waals surface area contributed by atoms with Gasteiger partial charge < -0.3 is 9.67 Å². The molecule has 0 aromatic carbocycles. The molecule has 2 aliphatic heterocycles. The Kier molecular flexibility index (Phi) is 3.84. The molecule has 2 atom stereocenters. The Bertz CT molecular complexity index is 429. The number of aliphatic hydroxyl groups excluding tert-OH is 1. The van der Waals surface area contributed by atoms with E-state index in [0.29, 0.717) is 6.04 Å². The van der Waals surface area contributed by atoms with Crippen LogP contribution in [0.1, 0.15) is 50.7 Å². The summed E-state index contributed by atoms with van der Waals surface area (Å²) >= 11 is 0. The van der Waals surface area contributed by atoms with Gasteiger partial charge in [0.05, 0.1) is 12.6 Å². The zero-order valence-electron chi connectivity index (χ0n) is 11.8. The predicted octanol–water partition coefficient (Wildman–Crippen LogP) is 1.35. The third kappa shape index (κ3) is 2.82. The smallest absolute Gasteiger partial charge is 0.147 e. The molecular weight excluding hydrogens is 240 g/mol. The van der Waals surface area contributed by atoms with Crippen molar-refractivity contribution < 1.29 is 5.11 Å². The molecule has 5 nitrogen and oxygen atoms in total. The van der Waals surface area contributed by atoms with Gasteiger partial charge in [-0.05, 0) is 45.6 Å². The lowest BCUT2D eigenvalue weighted by molar-refractivity contribution is 0.128. The SMILES string of the molecule is CC(O)CC1CCCN1Cc1nnc2n1CCCC2. The summed E-state index contributed by atoms with van der Waals surface area (Å²) in [4.78, 5) is 2.47. The van der Waals surface area contributed by atoms with Crippen molar-refractivity contribution >= 4 is 0 Å². The Hall–Kier alpha value is -0.940. The highest BCUT2D eigenvalue weighted by Crippen LogP contribution is 2.24. The molecular formula is C14H24N4O. The number of nitrogens with zero attached hydrogens (tertiary/aromatic N) is 4. The number of likely N-dealkylation sites (tertiary alicyclic amines) is 1. The van der Waals surface area contributed by atoms with Crippen LogP contribution < -0.4 is 0 Å². The number of rotatable bonds is 4. The van der Waals surface area contributed by atoms with Gasteiger partial charge in [-0.15, -0.1) is 10.2 Å². The third-order valence-corrected chi connectivity index (χ3v) is 4.39. The fourth-order valence-electron chi connectivity index (χ4n) is 3.43. The number of aliphatic hydroxyl groups is 1. The van der Waals surface area contributed by atoms with Crippen LogP contribution in [-0.4, -0.2) is 43.5 Å². The highest BCUT2D eigenvalue weighted by molar-refractivity contribution is 5.00. The van der Waals surface area contributed by atoms with Gasteiger partial charge in [-0.2, -0.15) is 0 Å². The van der Waals surface area contributed by atoms with Crippen molar-refractivity contribution in [3.8, 4) is 0 Å². The van der Waals surface area contributed by atoms with Crippen LogP contribution >= 0.6 is 0 Å². The van der Waals surface area contributed by atoms with Gasteiger partial charge in [0.2, 0.25) is 0 Å². The minimum absolute atomic E-state index is 0.210. The molecule has 0 aliphatic carbocycles. The molecule has 106 valence electrons. The van der Waals surface area contributed by atoms with E-state index in [4.69, 9.17) is 0 Å². The van der Waals surface area contributed by atoms with E-state index in [1.807, 2.05) is 6.92 Å². The molecule has 1 aromatic heterocycles. The number of aromatic nitrogens is 3. The molecule has 3 rings (SSSR count). The van der Waals surface area contributed by atoms with Gasteiger partial charge in [0.15, 0.2) is 0 Å². The first-order valence-corrected chi connectivity index (χ1v) is 7.57. The number of fused-ring (bicyclic) bond motifs is 1. The molecule has 0 saturated carbocycles. The van der Waals surface area contributed by atoms with E-state index >= 15 is 0 Å². The number of aryl methyl sites for hydroxylation is 1. The minimum Gasteiger partial charge on any atom is -0.393 e. The molecule has 0 amide bonds. The van der Waals surface area contributed by atoms with Crippen molar-refractivity contribution in [3.05, 3.63) is 11.6 Å². The zero-order chi connectivity index (χ0) is 13.2. The summed E-state index contributed by atoms with van der Waals surface area (Å²) in [5.41, 5.74) is 0. The Labute approximate surface area is 114 Å². The molecule has 1 aromatic rings. The molecule has 1 N–H and O–H groups in total. The van der Waals surface area contributed by atoms with Crippen molar-refractivity contribution in [3.63, 3.8) is 0 Å². The fourth-order valence-corrected chi connectivity index (χ4v) is 3.43. The Morgan fingerprint density at radius 2 is 2.16 bits per heavy atom. The van der Waals surface area contributed by atoms with Crippen molar-refractivity contribution in [2.75, 3.05) is 6.54 Å². The summed E-state index contributed by atoms with van der Waals surface area (Å²) in [5, 5.41) is 18.3. The number of hydrogen-bond donors (Lipinski definition) is 1. The van der Waals surface area contributed by atoms with E-state index in [0.717, 1.165) is 44.1 Å². The van der Waals surface area contributed by atoms with Crippen LogP contribution in [0.15, 0.2) is 0 Å². The quantitative estimate of drug-likeness (QED) is 0.892. The van der Waals surface area contributed by atoms with Gasteiger partial charge >= 0.3 is 0 Å². The van der Waals surface area contributed by atoms with Crippen LogP contribution in [0.4, 0.5) is 0 Å². The summed E-state index contributed by atoms with van der Waals surface area (Å²) in [6, 6.07) is 0.511. The molecule has 0 spiro atoms. The second-order valence-corrected chi connectivity index (χ2v) is 5.99. The fraction of sp³-hybridized carbons (Fsp3) is 0.857. The van der Waals surface area contributed by atoms with E-state index in [9.17, 15) is 5.11 Å². The standard InChI is InChI=1S/C14H24N4O/c1-11(19)9-12-5-4-7-17(12)10-14-16-15-13-6-2-3-8-18(13)14/h11-12,19H,2-10H2,1H3. The number of hydrogen-bond acceptors (Lipinski definition) is 4. The molecule has 2 aliphatic rings. The lowest BCUT2D eigenvalue weighted by Crippen LogP contribution is -2.32. The molecule has 0 radical (unpaired) electrons. The van der Waals surface area contributed by atoms with Gasteiger partial charge in [-0.1, -0.05) is 0 Å². The Morgan fingerprint density at radius 1 is 1.26 bits per heavy atom. The summed E-state index contributed by atoms with van der Waals surface area (Å²) in [5.74, 6) is 2.28. The molecule has 0 bridgehead atoms. The molecule has 1 fully saturated rings. The maximum Gasteiger partial charge on any atom is 0.147 e. The van der Waals surface area contributed by atoms with Crippen molar-refractivity contribution in [2.45, 2.75) is 70.7 Å². The highest BCUT2D eigenvalue weighted by atomic mass is 16.3. The van der Waals surface area contributed by atoms with Crippen molar-refractivity contribution in [2.24, 2.45) is 0 Å². The third-order valence-electron chi connectivity index (χ3n) is 4.39. The molecule has 1 saturated heterocycles. The molecule has 5 heteroatoms. The van der Waals surface area contributed by atoms with E-state index in [1.54, 1.807) is 0 Å². The lowest BCUT2D eigenvalue weighted by atomic mass is 10.1. The van der Waals surface area contributed by atoms with Gasteiger partial charge in [0.1, 0.15) is 11.6 Å². The Balaban J connectivity index is 1.69. The van der Waals surface area contributed by atoms with Gasteiger partial charge in [-0.3, -0.25) is 4.90 Å². The normalized spacial score (nSPS) is 25.5. The second kappa shape index (κ2) is 5.59. The topological polar surface area (TPSA) is 54.2 Å². The van der Waals surface area contributed by atoms with Crippen LogP contribution in [-0.2, 0) is 19.5 Å². The summed E-state index contributed by atoms with van der Waals surface area (Å²) in [6.07, 6.45) is 6.66. The van der Waals surface area contributed by atoms with Crippen LogP contribution in [0.2, 0.25) is 0 Å². The van der Waals surface area contributed by atoms with Gasteiger partial charge in [0.25, 0.3) is 0 Å². The summed E-state index contributed by atoms with van der Waals surface area (Å²) in [7, 11) is 0. The molecule has 19 heavy (non-hydrogen) atoms. The largest absolute Gasteiger partial charge is 0.393 e. The van der Waals surface area contributed by atoms with E-state index in [-0.39, 0.29) is 6.10 Å². The molecule has 3 heterocycles. The summed E-state index contributed by atoms with van der Waals surface area (Å²) < 4.78 is 2.31. The van der Waals surface area contributed by atoms with Gasteiger partial charge in [0, 0.05) is 19.0 Å². The lowest BCUT2D eigenvalue weighted by Gasteiger charge is -2.25. The monoisotopic (exact) mass is 264 g/mol. The average molecular weight is 264 g/mol. The van der Waals surface area contributed by atoms with Crippen molar-refractivity contribution in [1.82, 2.24) is 19.7 Å². The van der Waals surface area contributed by atoms with Crippen LogP contribution in [0.3, 0.4) is 0 Å². The maximum absolute atomic E-state index is 9.59. The average Bonchev–Trinajstić information content (AvgIpc) is 2.98. The van der Waals surface area contributed by atoms with E-state index < -0.39 is 0 Å². The van der Waals surface area contributed by atoms with E-state index in [1.165, 1.54) is 25.7 Å². The maximum atomic E-state index is 9.59.